The van der Waals surface area contributed by atoms with Crippen LogP contribution in [0.3, 0.4) is 0 Å². The third-order valence-corrected chi connectivity index (χ3v) is 5.31. The number of ether oxygens (including phenoxy) is 3. The van der Waals surface area contributed by atoms with Crippen LogP contribution in [-0.2, 0) is 10.2 Å². The number of nitrogens with zero attached hydrogens (tertiary/aromatic N) is 1. The van der Waals surface area contributed by atoms with Gasteiger partial charge in [-0.25, -0.2) is 0 Å². The molecule has 1 atom stereocenters. The second-order valence-corrected chi connectivity index (χ2v) is 6.85. The summed E-state index contributed by atoms with van der Waals surface area (Å²) in [6.07, 6.45) is 0. The molecule has 122 valence electrons. The van der Waals surface area contributed by atoms with Crippen molar-refractivity contribution >= 4 is 27.5 Å². The maximum absolute atomic E-state index is 13.4. The molecule has 0 aliphatic carbocycles. The van der Waals surface area contributed by atoms with Crippen LogP contribution in [0.5, 0.6) is 17.2 Å². The molecule has 0 N–H and O–H groups in total. The average molecular weight is 388 g/mol. The molecule has 5 rings (SSSR count). The van der Waals surface area contributed by atoms with Crippen molar-refractivity contribution < 1.29 is 19.0 Å². The van der Waals surface area contributed by atoms with Crippen LogP contribution >= 0.6 is 15.9 Å². The van der Waals surface area contributed by atoms with Gasteiger partial charge in [0.1, 0.15) is 17.8 Å². The number of fused-ring (bicyclic) bond motifs is 5. The Balaban J connectivity index is 1.74. The van der Waals surface area contributed by atoms with Gasteiger partial charge < -0.3 is 19.1 Å². The van der Waals surface area contributed by atoms with Crippen LogP contribution in [0.1, 0.15) is 11.1 Å². The normalized spacial score (nSPS) is 22.7. The largest absolute Gasteiger partial charge is 0.491 e. The Labute approximate surface area is 147 Å². The molecular weight excluding hydrogens is 374 g/mol. The lowest BCUT2D eigenvalue weighted by atomic mass is 9.77. The number of alkyl halides is 1. The number of rotatable bonds is 2. The highest BCUT2D eigenvalue weighted by molar-refractivity contribution is 9.09. The fraction of sp³-hybridized carbons (Fsp3) is 0.278. The molecule has 0 radical (unpaired) electrons. The van der Waals surface area contributed by atoms with Crippen molar-refractivity contribution in [3.8, 4) is 17.2 Å². The van der Waals surface area contributed by atoms with Gasteiger partial charge in [-0.2, -0.15) is 0 Å². The summed E-state index contributed by atoms with van der Waals surface area (Å²) >= 11 is 3.45. The average Bonchev–Trinajstić information content (AvgIpc) is 3.27. The lowest BCUT2D eigenvalue weighted by molar-refractivity contribution is -0.122. The molecule has 3 aliphatic heterocycles. The number of anilines is 1. The fourth-order valence-electron chi connectivity index (χ4n) is 3.87. The highest BCUT2D eigenvalue weighted by atomic mass is 79.9. The van der Waals surface area contributed by atoms with Gasteiger partial charge in [0.25, 0.3) is 0 Å². The predicted molar refractivity (Wildman–Crippen MR) is 91.4 cm³/mol. The van der Waals surface area contributed by atoms with Gasteiger partial charge in [-0.1, -0.05) is 34.1 Å². The van der Waals surface area contributed by atoms with Gasteiger partial charge in [0.2, 0.25) is 12.7 Å². The third kappa shape index (κ3) is 1.61. The van der Waals surface area contributed by atoms with Crippen molar-refractivity contribution in [3.63, 3.8) is 0 Å². The molecule has 0 fully saturated rings. The second kappa shape index (κ2) is 4.89. The van der Waals surface area contributed by atoms with Gasteiger partial charge >= 0.3 is 0 Å². The molecule has 1 unspecified atom stereocenters. The van der Waals surface area contributed by atoms with Crippen LogP contribution in [0.4, 0.5) is 5.69 Å². The number of amides is 1. The smallest absolute Gasteiger partial charge is 0.245 e. The molecule has 0 bridgehead atoms. The highest BCUT2D eigenvalue weighted by Crippen LogP contribution is 2.54. The Kier molecular flexibility index (Phi) is 2.89. The molecular formula is C18H14BrNO4. The standard InChI is InChI=1S/C18H14BrNO4/c19-5-6-20-13-4-2-1-3-11(13)18(17(20)21)9-22-14-8-16-15(7-12(14)18)23-10-24-16/h1-4,7-8H,5-6,9-10H2. The molecule has 5 nitrogen and oxygen atoms in total. The van der Waals surface area contributed by atoms with Gasteiger partial charge in [0.15, 0.2) is 11.5 Å². The maximum Gasteiger partial charge on any atom is 0.245 e. The van der Waals surface area contributed by atoms with Crippen molar-refractivity contribution in [2.24, 2.45) is 0 Å². The summed E-state index contributed by atoms with van der Waals surface area (Å²) in [5.41, 5.74) is 2.01. The molecule has 0 aromatic heterocycles. The topological polar surface area (TPSA) is 48.0 Å². The predicted octanol–water partition coefficient (Wildman–Crippen LogP) is 2.84. The van der Waals surface area contributed by atoms with Crippen molar-refractivity contribution in [2.75, 3.05) is 30.2 Å². The van der Waals surface area contributed by atoms with Gasteiger partial charge in [-0.15, -0.1) is 0 Å². The van der Waals surface area contributed by atoms with Gasteiger partial charge in [0.05, 0.1) is 0 Å². The van der Waals surface area contributed by atoms with E-state index >= 15 is 0 Å². The first-order valence-corrected chi connectivity index (χ1v) is 8.92. The molecule has 24 heavy (non-hydrogen) atoms. The zero-order valence-corrected chi connectivity index (χ0v) is 14.3. The van der Waals surface area contributed by atoms with Crippen molar-refractivity contribution in [2.45, 2.75) is 5.41 Å². The lowest BCUT2D eigenvalue weighted by Gasteiger charge is -2.22. The van der Waals surface area contributed by atoms with E-state index in [0.717, 1.165) is 22.1 Å². The van der Waals surface area contributed by atoms with E-state index in [1.54, 1.807) is 0 Å². The van der Waals surface area contributed by atoms with Crippen LogP contribution in [0.25, 0.3) is 0 Å². The number of hydrogen-bond donors (Lipinski definition) is 0. The minimum Gasteiger partial charge on any atom is -0.491 e. The van der Waals surface area contributed by atoms with Crippen LogP contribution in [0.2, 0.25) is 0 Å². The van der Waals surface area contributed by atoms with E-state index in [1.165, 1.54) is 0 Å². The summed E-state index contributed by atoms with van der Waals surface area (Å²) in [6.45, 7) is 1.13. The summed E-state index contributed by atoms with van der Waals surface area (Å²) in [7, 11) is 0. The van der Waals surface area contributed by atoms with Crippen LogP contribution < -0.4 is 19.1 Å². The zero-order valence-electron chi connectivity index (χ0n) is 12.8. The highest BCUT2D eigenvalue weighted by Gasteiger charge is 2.57. The van der Waals surface area contributed by atoms with Crippen molar-refractivity contribution in [1.82, 2.24) is 0 Å². The van der Waals surface area contributed by atoms with Crippen LogP contribution in [-0.4, -0.2) is 31.2 Å². The molecule has 6 heteroatoms. The van der Waals surface area contributed by atoms with E-state index in [-0.39, 0.29) is 12.7 Å². The second-order valence-electron chi connectivity index (χ2n) is 6.06. The van der Waals surface area contributed by atoms with Gasteiger partial charge in [0, 0.05) is 29.2 Å². The van der Waals surface area contributed by atoms with E-state index < -0.39 is 5.41 Å². The van der Waals surface area contributed by atoms with Gasteiger partial charge in [-0.3, -0.25) is 4.79 Å². The number of para-hydroxylation sites is 1. The first-order chi connectivity index (χ1) is 11.8. The molecule has 1 amide bonds. The molecule has 0 saturated carbocycles. The van der Waals surface area contributed by atoms with Gasteiger partial charge in [-0.05, 0) is 17.7 Å². The van der Waals surface area contributed by atoms with E-state index in [9.17, 15) is 4.79 Å². The minimum atomic E-state index is -0.797. The first-order valence-electron chi connectivity index (χ1n) is 7.80. The number of benzene rings is 2. The van der Waals surface area contributed by atoms with Crippen molar-refractivity contribution in [3.05, 3.63) is 47.5 Å². The molecule has 2 aromatic carbocycles. The van der Waals surface area contributed by atoms with E-state index in [2.05, 4.69) is 15.9 Å². The zero-order chi connectivity index (χ0) is 16.3. The van der Waals surface area contributed by atoms with Crippen LogP contribution in [0.15, 0.2) is 36.4 Å². The molecule has 2 aromatic rings. The Bertz CT molecular complexity index is 868. The molecule has 1 spiro atoms. The van der Waals surface area contributed by atoms with Crippen LogP contribution in [0, 0.1) is 0 Å². The number of hydrogen-bond acceptors (Lipinski definition) is 4. The Morgan fingerprint density at radius 2 is 1.83 bits per heavy atom. The summed E-state index contributed by atoms with van der Waals surface area (Å²) in [5, 5.41) is 0.720. The minimum absolute atomic E-state index is 0.0563. The summed E-state index contributed by atoms with van der Waals surface area (Å²) < 4.78 is 16.9. The quantitative estimate of drug-likeness (QED) is 0.743. The number of carbonyl (C=O) groups excluding carboxylic acids is 1. The lowest BCUT2D eigenvalue weighted by Crippen LogP contribution is -2.43. The summed E-state index contributed by atoms with van der Waals surface area (Å²) in [4.78, 5) is 15.2. The Morgan fingerprint density at radius 1 is 1.04 bits per heavy atom. The maximum atomic E-state index is 13.4. The molecule has 0 saturated heterocycles. The number of halogens is 1. The Hall–Kier alpha value is -2.21. The summed E-state index contributed by atoms with van der Waals surface area (Å²) in [6, 6.07) is 11.7. The monoisotopic (exact) mass is 387 g/mol. The Morgan fingerprint density at radius 3 is 2.67 bits per heavy atom. The first kappa shape index (κ1) is 14.2. The SMILES string of the molecule is O=C1N(CCBr)c2ccccc2C12COc1cc3c(cc12)OCO3. The molecule has 3 aliphatic rings. The summed E-state index contributed by atoms with van der Waals surface area (Å²) in [5.74, 6) is 2.09. The fourth-order valence-corrected chi connectivity index (χ4v) is 4.23. The van der Waals surface area contributed by atoms with E-state index in [4.69, 9.17) is 14.2 Å². The van der Waals surface area contributed by atoms with E-state index in [1.807, 2.05) is 41.3 Å². The molecule has 3 heterocycles. The third-order valence-electron chi connectivity index (χ3n) is 4.95. The van der Waals surface area contributed by atoms with E-state index in [0.29, 0.717) is 30.4 Å². The van der Waals surface area contributed by atoms with Crippen molar-refractivity contribution in [1.29, 1.82) is 0 Å². The number of carbonyl (C=O) groups is 1.